The number of rotatable bonds is 5. The molecular formula is C15H25N3O. The molecule has 0 aliphatic carbocycles. The maximum atomic E-state index is 7.59. The second kappa shape index (κ2) is 6.06. The van der Waals surface area contributed by atoms with Gasteiger partial charge in [0, 0.05) is 13.1 Å². The van der Waals surface area contributed by atoms with Gasteiger partial charge in [-0.15, -0.1) is 0 Å². The third-order valence-corrected chi connectivity index (χ3v) is 2.75. The Hall–Kier alpha value is -1.55. The first-order valence-corrected chi connectivity index (χ1v) is 6.43. The molecule has 0 unspecified atom stereocenters. The SMILES string of the molecule is COc1ccc(CN(C)CC(C)(C)C)cc1C(=N)N. The summed E-state index contributed by atoms with van der Waals surface area (Å²) >= 11 is 0. The van der Waals surface area contributed by atoms with Crippen LogP contribution in [0.4, 0.5) is 0 Å². The Kier molecular flexibility index (Phi) is 4.95. The number of hydrogen-bond donors (Lipinski definition) is 2. The van der Waals surface area contributed by atoms with Gasteiger partial charge in [-0.25, -0.2) is 0 Å². The summed E-state index contributed by atoms with van der Waals surface area (Å²) < 4.78 is 5.21. The normalized spacial score (nSPS) is 11.7. The molecular weight excluding hydrogens is 238 g/mol. The standard InChI is InChI=1S/C15H25N3O/c1-15(2,3)10-18(4)9-11-6-7-13(19-5)12(8-11)14(16)17/h6-8H,9-10H2,1-5H3,(H3,16,17). The summed E-state index contributed by atoms with van der Waals surface area (Å²) in [6.45, 7) is 8.51. The minimum absolute atomic E-state index is 0.0391. The van der Waals surface area contributed by atoms with Crippen LogP contribution in [0, 0.1) is 10.8 Å². The van der Waals surface area contributed by atoms with Crippen LogP contribution in [0.1, 0.15) is 31.9 Å². The maximum Gasteiger partial charge on any atom is 0.129 e. The van der Waals surface area contributed by atoms with Gasteiger partial charge >= 0.3 is 0 Å². The maximum absolute atomic E-state index is 7.59. The summed E-state index contributed by atoms with van der Waals surface area (Å²) in [6.07, 6.45) is 0. The van der Waals surface area contributed by atoms with E-state index in [2.05, 4.69) is 32.7 Å². The number of hydrogen-bond acceptors (Lipinski definition) is 3. The van der Waals surface area contributed by atoms with Crippen molar-refractivity contribution < 1.29 is 4.74 Å². The molecule has 19 heavy (non-hydrogen) atoms. The van der Waals surface area contributed by atoms with Crippen LogP contribution in [0.5, 0.6) is 5.75 Å². The van der Waals surface area contributed by atoms with E-state index in [1.54, 1.807) is 7.11 Å². The molecule has 0 aromatic heterocycles. The van der Waals surface area contributed by atoms with E-state index in [1.165, 1.54) is 0 Å². The van der Waals surface area contributed by atoms with Gasteiger partial charge in [-0.05, 0) is 30.2 Å². The van der Waals surface area contributed by atoms with Crippen molar-refractivity contribution in [3.8, 4) is 5.75 Å². The minimum atomic E-state index is 0.0391. The number of nitrogens with one attached hydrogen (secondary N) is 1. The van der Waals surface area contributed by atoms with Crippen LogP contribution in [0.15, 0.2) is 18.2 Å². The highest BCUT2D eigenvalue weighted by molar-refractivity contribution is 5.97. The van der Waals surface area contributed by atoms with Gasteiger partial charge in [0.15, 0.2) is 0 Å². The zero-order valence-electron chi connectivity index (χ0n) is 12.6. The van der Waals surface area contributed by atoms with E-state index in [4.69, 9.17) is 15.9 Å². The van der Waals surface area contributed by atoms with Crippen LogP contribution in [0.25, 0.3) is 0 Å². The zero-order chi connectivity index (χ0) is 14.6. The first kappa shape index (κ1) is 15.5. The van der Waals surface area contributed by atoms with E-state index in [9.17, 15) is 0 Å². The highest BCUT2D eigenvalue weighted by atomic mass is 16.5. The molecule has 1 aromatic rings. The number of nitrogens with zero attached hydrogens (tertiary/aromatic N) is 1. The predicted octanol–water partition coefficient (Wildman–Crippen LogP) is 2.46. The number of amidine groups is 1. The summed E-state index contributed by atoms with van der Waals surface area (Å²) in [6, 6.07) is 5.82. The molecule has 0 aliphatic rings. The van der Waals surface area contributed by atoms with Crippen molar-refractivity contribution in [3.05, 3.63) is 29.3 Å². The van der Waals surface area contributed by atoms with Gasteiger partial charge in [0.2, 0.25) is 0 Å². The monoisotopic (exact) mass is 263 g/mol. The number of nitrogen functional groups attached to an aromatic ring is 1. The fourth-order valence-electron chi connectivity index (χ4n) is 2.24. The highest BCUT2D eigenvalue weighted by Crippen LogP contribution is 2.21. The fraction of sp³-hybridized carbons (Fsp3) is 0.533. The molecule has 0 bridgehead atoms. The van der Waals surface area contributed by atoms with Crippen molar-refractivity contribution in [1.29, 1.82) is 5.41 Å². The Bertz CT molecular complexity index is 449. The molecule has 4 nitrogen and oxygen atoms in total. The van der Waals surface area contributed by atoms with E-state index in [-0.39, 0.29) is 11.3 Å². The molecule has 1 rings (SSSR count). The second-order valence-electron chi connectivity index (χ2n) is 6.18. The molecule has 0 heterocycles. The summed E-state index contributed by atoms with van der Waals surface area (Å²) in [5, 5.41) is 7.59. The summed E-state index contributed by atoms with van der Waals surface area (Å²) in [5.74, 6) is 0.687. The van der Waals surface area contributed by atoms with Crippen molar-refractivity contribution in [2.45, 2.75) is 27.3 Å². The second-order valence-corrected chi connectivity index (χ2v) is 6.18. The molecule has 4 heteroatoms. The van der Waals surface area contributed by atoms with Crippen LogP contribution < -0.4 is 10.5 Å². The molecule has 0 spiro atoms. The molecule has 0 atom stereocenters. The highest BCUT2D eigenvalue weighted by Gasteiger charge is 2.14. The van der Waals surface area contributed by atoms with Gasteiger partial charge in [-0.1, -0.05) is 26.8 Å². The number of benzene rings is 1. The number of nitrogens with two attached hydrogens (primary N) is 1. The van der Waals surface area contributed by atoms with Crippen molar-refractivity contribution in [2.75, 3.05) is 20.7 Å². The molecule has 1 aromatic carbocycles. The average molecular weight is 263 g/mol. The van der Waals surface area contributed by atoms with Gasteiger partial charge in [0.05, 0.1) is 12.7 Å². The number of ether oxygens (including phenoxy) is 1. The van der Waals surface area contributed by atoms with E-state index < -0.39 is 0 Å². The van der Waals surface area contributed by atoms with Crippen LogP contribution in [0.2, 0.25) is 0 Å². The zero-order valence-corrected chi connectivity index (χ0v) is 12.6. The van der Waals surface area contributed by atoms with Gasteiger partial charge in [0.25, 0.3) is 0 Å². The van der Waals surface area contributed by atoms with E-state index in [0.29, 0.717) is 11.3 Å². The van der Waals surface area contributed by atoms with Crippen molar-refractivity contribution in [3.63, 3.8) is 0 Å². The third kappa shape index (κ3) is 4.91. The molecule has 0 saturated carbocycles. The molecule has 0 amide bonds. The molecule has 0 aliphatic heterocycles. The van der Waals surface area contributed by atoms with Crippen LogP contribution in [-0.4, -0.2) is 31.4 Å². The first-order valence-electron chi connectivity index (χ1n) is 6.43. The van der Waals surface area contributed by atoms with Crippen LogP contribution >= 0.6 is 0 Å². The Morgan fingerprint density at radius 1 is 1.37 bits per heavy atom. The summed E-state index contributed by atoms with van der Waals surface area (Å²) in [7, 11) is 3.69. The van der Waals surface area contributed by atoms with Gasteiger partial charge in [-0.3, -0.25) is 5.41 Å². The quantitative estimate of drug-likeness (QED) is 0.633. The Balaban J connectivity index is 2.85. The lowest BCUT2D eigenvalue weighted by molar-refractivity contribution is 0.221. The largest absolute Gasteiger partial charge is 0.496 e. The lowest BCUT2D eigenvalue weighted by Gasteiger charge is -2.26. The molecule has 0 radical (unpaired) electrons. The Labute approximate surface area is 116 Å². The predicted molar refractivity (Wildman–Crippen MR) is 79.8 cm³/mol. The van der Waals surface area contributed by atoms with Crippen LogP contribution in [-0.2, 0) is 6.54 Å². The molecule has 3 N–H and O–H groups in total. The lowest BCUT2D eigenvalue weighted by Crippen LogP contribution is -2.29. The fourth-order valence-corrected chi connectivity index (χ4v) is 2.24. The van der Waals surface area contributed by atoms with E-state index in [0.717, 1.165) is 18.7 Å². The van der Waals surface area contributed by atoms with Gasteiger partial charge in [0.1, 0.15) is 11.6 Å². The van der Waals surface area contributed by atoms with Gasteiger partial charge < -0.3 is 15.4 Å². The topological polar surface area (TPSA) is 62.3 Å². The Morgan fingerprint density at radius 3 is 2.47 bits per heavy atom. The number of methoxy groups -OCH3 is 1. The van der Waals surface area contributed by atoms with E-state index in [1.807, 2.05) is 18.2 Å². The molecule has 106 valence electrons. The Morgan fingerprint density at radius 2 is 2.00 bits per heavy atom. The van der Waals surface area contributed by atoms with Gasteiger partial charge in [-0.2, -0.15) is 0 Å². The average Bonchev–Trinajstić information content (AvgIpc) is 2.26. The molecule has 0 fully saturated rings. The minimum Gasteiger partial charge on any atom is -0.496 e. The van der Waals surface area contributed by atoms with Crippen molar-refractivity contribution >= 4 is 5.84 Å². The third-order valence-electron chi connectivity index (χ3n) is 2.75. The molecule has 0 saturated heterocycles. The summed E-state index contributed by atoms with van der Waals surface area (Å²) in [5.41, 5.74) is 7.64. The first-order chi connectivity index (χ1) is 8.73. The smallest absolute Gasteiger partial charge is 0.129 e. The van der Waals surface area contributed by atoms with Crippen molar-refractivity contribution in [1.82, 2.24) is 4.90 Å². The summed E-state index contributed by atoms with van der Waals surface area (Å²) in [4.78, 5) is 2.27. The van der Waals surface area contributed by atoms with E-state index >= 15 is 0 Å². The van der Waals surface area contributed by atoms with Crippen molar-refractivity contribution in [2.24, 2.45) is 11.1 Å². The van der Waals surface area contributed by atoms with Crippen LogP contribution in [0.3, 0.4) is 0 Å². The lowest BCUT2D eigenvalue weighted by atomic mass is 9.96.